The van der Waals surface area contributed by atoms with E-state index < -0.39 is 0 Å². The Morgan fingerprint density at radius 1 is 1.29 bits per heavy atom. The largest absolute Gasteiger partial charge is 0.367 e. The fourth-order valence-electron chi connectivity index (χ4n) is 2.96. The second-order valence-electron chi connectivity index (χ2n) is 6.46. The normalized spacial score (nSPS) is 17.2. The molecule has 0 bridgehead atoms. The van der Waals surface area contributed by atoms with Gasteiger partial charge in [0.05, 0.1) is 16.4 Å². The van der Waals surface area contributed by atoms with Gasteiger partial charge in [-0.3, -0.25) is 0 Å². The molecule has 1 atom stereocenters. The molecule has 24 heavy (non-hydrogen) atoms. The van der Waals surface area contributed by atoms with Gasteiger partial charge in [-0.15, -0.1) is 11.3 Å². The van der Waals surface area contributed by atoms with Gasteiger partial charge in [0.15, 0.2) is 0 Å². The van der Waals surface area contributed by atoms with E-state index in [-0.39, 0.29) is 11.9 Å². The summed E-state index contributed by atoms with van der Waals surface area (Å²) in [6, 6.07) is 5.70. The lowest BCUT2D eigenvalue weighted by molar-refractivity contribution is 0.311. The van der Waals surface area contributed by atoms with E-state index in [9.17, 15) is 4.39 Å². The lowest BCUT2D eigenvalue weighted by Gasteiger charge is -2.34. The number of piperazine rings is 1. The fourth-order valence-corrected chi connectivity index (χ4v) is 3.57. The summed E-state index contributed by atoms with van der Waals surface area (Å²) in [5, 5.41) is 6.55. The topological polar surface area (TPSA) is 31.4 Å². The monoisotopic (exact) mass is 348 g/mol. The standard InChI is InChI=1S/C18H25FN4S/c1-13(20-11-16-12-24-14(2)21-16)15-4-5-18(17(19)10-15)23-8-6-22(3)7-9-23/h4-5,10,12-13,20H,6-9,11H2,1-3H3/t13-/m1/s1. The van der Waals surface area contributed by atoms with Crippen molar-refractivity contribution in [2.75, 3.05) is 38.1 Å². The molecule has 4 nitrogen and oxygen atoms in total. The van der Waals surface area contributed by atoms with E-state index in [4.69, 9.17) is 0 Å². The van der Waals surface area contributed by atoms with Crippen molar-refractivity contribution < 1.29 is 4.39 Å². The molecule has 1 fully saturated rings. The molecule has 0 aliphatic carbocycles. The Morgan fingerprint density at radius 3 is 2.67 bits per heavy atom. The highest BCUT2D eigenvalue weighted by molar-refractivity contribution is 7.09. The van der Waals surface area contributed by atoms with Gasteiger partial charge in [0.1, 0.15) is 5.82 Å². The molecule has 1 aromatic heterocycles. The molecule has 2 heterocycles. The van der Waals surface area contributed by atoms with E-state index in [2.05, 4.69) is 39.5 Å². The Hall–Kier alpha value is -1.50. The molecule has 0 spiro atoms. The maximum atomic E-state index is 14.6. The van der Waals surface area contributed by atoms with Crippen LogP contribution in [0.1, 0.15) is 29.2 Å². The molecule has 2 aromatic rings. The fraction of sp³-hybridized carbons (Fsp3) is 0.500. The van der Waals surface area contributed by atoms with Crippen molar-refractivity contribution in [1.82, 2.24) is 15.2 Å². The maximum Gasteiger partial charge on any atom is 0.146 e. The summed E-state index contributed by atoms with van der Waals surface area (Å²) in [4.78, 5) is 8.85. The Kier molecular flexibility index (Phi) is 5.48. The van der Waals surface area contributed by atoms with Gasteiger partial charge < -0.3 is 15.1 Å². The second kappa shape index (κ2) is 7.59. The Labute approximate surface area is 147 Å². The third kappa shape index (κ3) is 4.12. The first-order chi connectivity index (χ1) is 11.5. The van der Waals surface area contributed by atoms with Crippen molar-refractivity contribution in [1.29, 1.82) is 0 Å². The van der Waals surface area contributed by atoms with Crippen LogP contribution in [-0.4, -0.2) is 43.1 Å². The number of hydrogen-bond donors (Lipinski definition) is 1. The number of thiazole rings is 1. The van der Waals surface area contributed by atoms with Gasteiger partial charge in [-0.25, -0.2) is 9.37 Å². The molecule has 0 amide bonds. The van der Waals surface area contributed by atoms with Crippen LogP contribution in [0.5, 0.6) is 0 Å². The summed E-state index contributed by atoms with van der Waals surface area (Å²) >= 11 is 1.65. The molecule has 3 rings (SSSR count). The highest BCUT2D eigenvalue weighted by Gasteiger charge is 2.18. The third-order valence-corrected chi connectivity index (χ3v) is 5.39. The van der Waals surface area contributed by atoms with E-state index in [0.717, 1.165) is 42.4 Å². The molecule has 130 valence electrons. The zero-order valence-electron chi connectivity index (χ0n) is 14.6. The molecule has 6 heteroatoms. The molecule has 1 saturated heterocycles. The number of aryl methyl sites for hydroxylation is 1. The van der Waals surface area contributed by atoms with Gasteiger partial charge in [0.25, 0.3) is 0 Å². The van der Waals surface area contributed by atoms with E-state index in [1.165, 1.54) is 0 Å². The molecule has 0 saturated carbocycles. The first-order valence-electron chi connectivity index (χ1n) is 8.40. The smallest absolute Gasteiger partial charge is 0.146 e. The predicted molar refractivity (Wildman–Crippen MR) is 98.2 cm³/mol. The molecule has 0 unspecified atom stereocenters. The first kappa shape index (κ1) is 17.3. The zero-order chi connectivity index (χ0) is 17.1. The van der Waals surface area contributed by atoms with Gasteiger partial charge in [-0.05, 0) is 38.6 Å². The summed E-state index contributed by atoms with van der Waals surface area (Å²) in [7, 11) is 2.11. The van der Waals surface area contributed by atoms with Crippen molar-refractivity contribution in [3.05, 3.63) is 45.7 Å². The van der Waals surface area contributed by atoms with Crippen LogP contribution in [0.3, 0.4) is 0 Å². The minimum Gasteiger partial charge on any atom is -0.367 e. The van der Waals surface area contributed by atoms with Crippen LogP contribution in [-0.2, 0) is 6.54 Å². The molecule has 1 aliphatic rings. The number of nitrogens with one attached hydrogen (secondary N) is 1. The molecule has 1 aliphatic heterocycles. The minimum atomic E-state index is -0.129. The van der Waals surface area contributed by atoms with Crippen molar-refractivity contribution in [2.45, 2.75) is 26.4 Å². The number of benzene rings is 1. The average molecular weight is 348 g/mol. The first-order valence-corrected chi connectivity index (χ1v) is 9.28. The van der Waals surface area contributed by atoms with Gasteiger partial charge in [-0.2, -0.15) is 0 Å². The van der Waals surface area contributed by atoms with Crippen LogP contribution in [0.2, 0.25) is 0 Å². The van der Waals surface area contributed by atoms with E-state index in [1.807, 2.05) is 19.1 Å². The number of halogens is 1. The number of aromatic nitrogens is 1. The molecular weight excluding hydrogens is 323 g/mol. The number of anilines is 1. The van der Waals surface area contributed by atoms with Crippen molar-refractivity contribution >= 4 is 17.0 Å². The summed E-state index contributed by atoms with van der Waals surface area (Å²) in [6.07, 6.45) is 0. The molecule has 1 aromatic carbocycles. The van der Waals surface area contributed by atoms with Crippen LogP contribution in [0, 0.1) is 12.7 Å². The number of nitrogens with zero attached hydrogens (tertiary/aromatic N) is 3. The van der Waals surface area contributed by atoms with Crippen molar-refractivity contribution in [2.24, 2.45) is 0 Å². The number of rotatable bonds is 5. The van der Waals surface area contributed by atoms with E-state index in [1.54, 1.807) is 17.4 Å². The van der Waals surface area contributed by atoms with Gasteiger partial charge in [0, 0.05) is 44.1 Å². The Morgan fingerprint density at radius 2 is 2.04 bits per heavy atom. The molecule has 1 N–H and O–H groups in total. The summed E-state index contributed by atoms with van der Waals surface area (Å²) in [5.74, 6) is -0.129. The summed E-state index contributed by atoms with van der Waals surface area (Å²) in [5.41, 5.74) is 2.73. The summed E-state index contributed by atoms with van der Waals surface area (Å²) in [6.45, 7) is 8.48. The molecular formula is C18H25FN4S. The summed E-state index contributed by atoms with van der Waals surface area (Å²) < 4.78 is 14.6. The van der Waals surface area contributed by atoms with Gasteiger partial charge >= 0.3 is 0 Å². The Bertz CT molecular complexity index is 679. The maximum absolute atomic E-state index is 14.6. The van der Waals surface area contributed by atoms with Crippen LogP contribution in [0.4, 0.5) is 10.1 Å². The van der Waals surface area contributed by atoms with Crippen LogP contribution >= 0.6 is 11.3 Å². The number of hydrogen-bond acceptors (Lipinski definition) is 5. The van der Waals surface area contributed by atoms with Crippen LogP contribution < -0.4 is 10.2 Å². The minimum absolute atomic E-state index is 0.0862. The van der Waals surface area contributed by atoms with Crippen LogP contribution in [0.15, 0.2) is 23.6 Å². The molecule has 0 radical (unpaired) electrons. The van der Waals surface area contributed by atoms with Crippen molar-refractivity contribution in [3.8, 4) is 0 Å². The average Bonchev–Trinajstić information content (AvgIpc) is 2.99. The van der Waals surface area contributed by atoms with Gasteiger partial charge in [-0.1, -0.05) is 6.07 Å². The SMILES string of the molecule is Cc1nc(CN[C@H](C)c2ccc(N3CCN(C)CC3)c(F)c2)cs1. The van der Waals surface area contributed by atoms with Crippen molar-refractivity contribution in [3.63, 3.8) is 0 Å². The van der Waals surface area contributed by atoms with E-state index in [0.29, 0.717) is 12.2 Å². The van der Waals surface area contributed by atoms with Crippen LogP contribution in [0.25, 0.3) is 0 Å². The van der Waals surface area contributed by atoms with E-state index >= 15 is 0 Å². The predicted octanol–water partition coefficient (Wildman–Crippen LogP) is 3.19. The highest BCUT2D eigenvalue weighted by Crippen LogP contribution is 2.24. The van der Waals surface area contributed by atoms with Gasteiger partial charge in [0.2, 0.25) is 0 Å². The highest BCUT2D eigenvalue weighted by atomic mass is 32.1. The third-order valence-electron chi connectivity index (χ3n) is 4.57. The lowest BCUT2D eigenvalue weighted by Crippen LogP contribution is -2.44. The quantitative estimate of drug-likeness (QED) is 0.899. The zero-order valence-corrected chi connectivity index (χ0v) is 15.4. The Balaban J connectivity index is 1.63. The lowest BCUT2D eigenvalue weighted by atomic mass is 10.1. The second-order valence-corrected chi connectivity index (χ2v) is 7.52. The number of likely N-dealkylation sites (N-methyl/N-ethyl adjacent to an activating group) is 1.